The molecule has 1 aromatic rings. The average Bonchev–Trinajstić information content (AvgIpc) is 2.60. The number of rotatable bonds is 11. The van der Waals surface area contributed by atoms with Gasteiger partial charge >= 0.3 is 0 Å². The van der Waals surface area contributed by atoms with Crippen LogP contribution in [0.15, 0.2) is 36.0 Å². The number of nitrogens with zero attached hydrogens (tertiary/aromatic N) is 1. The highest BCUT2D eigenvalue weighted by molar-refractivity contribution is 6.06. The van der Waals surface area contributed by atoms with E-state index >= 15 is 0 Å². The van der Waals surface area contributed by atoms with E-state index < -0.39 is 5.91 Å². The summed E-state index contributed by atoms with van der Waals surface area (Å²) in [4.78, 5) is 12.1. The van der Waals surface area contributed by atoms with Gasteiger partial charge in [0.15, 0.2) is 0 Å². The molecule has 0 heterocycles. The summed E-state index contributed by atoms with van der Waals surface area (Å²) in [6.07, 6.45) is 4.68. The van der Waals surface area contributed by atoms with Crippen LogP contribution in [-0.4, -0.2) is 37.4 Å². The van der Waals surface area contributed by atoms with E-state index in [1.807, 2.05) is 30.3 Å². The minimum Gasteiger partial charge on any atom is -0.394 e. The number of nitrogens with one attached hydrogen (secondary N) is 2. The van der Waals surface area contributed by atoms with Gasteiger partial charge in [0.05, 0.1) is 19.8 Å². The van der Waals surface area contributed by atoms with Crippen LogP contribution in [0.2, 0.25) is 0 Å². The van der Waals surface area contributed by atoms with Gasteiger partial charge in [-0.3, -0.25) is 4.79 Å². The zero-order valence-corrected chi connectivity index (χ0v) is 14.0. The van der Waals surface area contributed by atoms with Gasteiger partial charge in [0, 0.05) is 18.4 Å². The van der Waals surface area contributed by atoms with Gasteiger partial charge in [-0.25, -0.2) is 0 Å². The molecule has 0 radical (unpaired) electrons. The van der Waals surface area contributed by atoms with E-state index in [2.05, 4.69) is 17.6 Å². The van der Waals surface area contributed by atoms with E-state index in [4.69, 9.17) is 15.1 Å². The fourth-order valence-corrected chi connectivity index (χ4v) is 1.95. The lowest BCUT2D eigenvalue weighted by Gasteiger charge is -2.07. The molecule has 0 saturated carbocycles. The second-order valence-electron chi connectivity index (χ2n) is 5.21. The van der Waals surface area contributed by atoms with Gasteiger partial charge in [-0.05, 0) is 30.5 Å². The van der Waals surface area contributed by atoms with E-state index in [1.165, 1.54) is 11.8 Å². The van der Waals surface area contributed by atoms with Crippen LogP contribution in [0.25, 0.3) is 0 Å². The molecule has 6 heteroatoms. The second-order valence-corrected chi connectivity index (χ2v) is 5.21. The van der Waals surface area contributed by atoms with Gasteiger partial charge in [-0.2, -0.15) is 5.26 Å². The van der Waals surface area contributed by atoms with Gasteiger partial charge in [-0.1, -0.05) is 25.5 Å². The number of unbranched alkanes of at least 4 members (excludes halogenated alkanes) is 1. The average molecular weight is 331 g/mol. The van der Waals surface area contributed by atoms with Crippen molar-refractivity contribution >= 4 is 11.6 Å². The molecule has 0 aliphatic heterocycles. The van der Waals surface area contributed by atoms with Crippen molar-refractivity contribution in [3.63, 3.8) is 0 Å². The number of nitriles is 1. The van der Waals surface area contributed by atoms with Crippen molar-refractivity contribution < 1.29 is 14.6 Å². The number of amides is 1. The summed E-state index contributed by atoms with van der Waals surface area (Å²) in [5.74, 6) is -0.456. The molecule has 0 aromatic heterocycles. The Labute approximate surface area is 143 Å². The molecule has 0 aliphatic carbocycles. The highest BCUT2D eigenvalue weighted by Crippen LogP contribution is 2.12. The number of ether oxygens (including phenoxy) is 1. The second kappa shape index (κ2) is 12.1. The number of anilines is 1. The summed E-state index contributed by atoms with van der Waals surface area (Å²) in [6.45, 7) is 3.22. The first-order chi connectivity index (χ1) is 11.7. The summed E-state index contributed by atoms with van der Waals surface area (Å²) in [5.41, 5.74) is 1.88. The Morgan fingerprint density at radius 1 is 1.33 bits per heavy atom. The highest BCUT2D eigenvalue weighted by atomic mass is 16.5. The molecule has 1 amide bonds. The lowest BCUT2D eigenvalue weighted by atomic mass is 10.1. The predicted molar refractivity (Wildman–Crippen MR) is 93.3 cm³/mol. The summed E-state index contributed by atoms with van der Waals surface area (Å²) >= 11 is 0. The number of hydrogen-bond acceptors (Lipinski definition) is 5. The van der Waals surface area contributed by atoms with Crippen molar-refractivity contribution in [2.24, 2.45) is 0 Å². The Hall–Kier alpha value is -2.36. The lowest BCUT2D eigenvalue weighted by molar-refractivity contribution is -0.112. The summed E-state index contributed by atoms with van der Waals surface area (Å²) in [5, 5.41) is 23.2. The topological polar surface area (TPSA) is 94.4 Å². The van der Waals surface area contributed by atoms with Gasteiger partial charge in [0.2, 0.25) is 0 Å². The maximum absolute atomic E-state index is 12.1. The Morgan fingerprint density at radius 2 is 2.08 bits per heavy atom. The van der Waals surface area contributed by atoms with Gasteiger partial charge in [0.1, 0.15) is 11.6 Å². The molecule has 0 spiro atoms. The van der Waals surface area contributed by atoms with E-state index in [1.54, 1.807) is 0 Å². The Bertz CT molecular complexity index is 562. The van der Waals surface area contributed by atoms with Crippen LogP contribution in [0, 0.1) is 11.3 Å². The number of benzene rings is 1. The molecule has 24 heavy (non-hydrogen) atoms. The maximum Gasteiger partial charge on any atom is 0.267 e. The van der Waals surface area contributed by atoms with Crippen LogP contribution in [0.5, 0.6) is 0 Å². The zero-order valence-electron chi connectivity index (χ0n) is 14.0. The van der Waals surface area contributed by atoms with Crippen LogP contribution in [-0.2, 0) is 16.0 Å². The number of aryl methyl sites for hydroxylation is 1. The summed E-state index contributed by atoms with van der Waals surface area (Å²) < 4.78 is 5.07. The molecule has 130 valence electrons. The molecule has 0 atom stereocenters. The molecular formula is C18H25N3O3. The SMILES string of the molecule is CCCCc1ccc(NC(=O)/C(C#N)=C\NCCOCCO)cc1. The molecule has 1 aromatic carbocycles. The van der Waals surface area contributed by atoms with Crippen LogP contribution >= 0.6 is 0 Å². The Balaban J connectivity index is 2.47. The predicted octanol–water partition coefficient (Wildman–Crippen LogP) is 1.97. The third-order valence-corrected chi connectivity index (χ3v) is 3.27. The first kappa shape index (κ1) is 19.7. The fraction of sp³-hybridized carbons (Fsp3) is 0.444. The Morgan fingerprint density at radius 3 is 2.71 bits per heavy atom. The molecule has 0 unspecified atom stereocenters. The standard InChI is InChI=1S/C18H25N3O3/c1-2-3-4-15-5-7-17(8-6-15)21-18(23)16(13-19)14-20-9-11-24-12-10-22/h5-8,14,20,22H,2-4,9-12H2,1H3,(H,21,23)/b16-14-. The number of carbonyl (C=O) groups is 1. The first-order valence-electron chi connectivity index (χ1n) is 8.13. The molecule has 0 saturated heterocycles. The van der Waals surface area contributed by atoms with Crippen molar-refractivity contribution in [2.75, 3.05) is 31.7 Å². The van der Waals surface area contributed by atoms with Crippen molar-refractivity contribution in [2.45, 2.75) is 26.2 Å². The minimum atomic E-state index is -0.456. The molecule has 1 rings (SSSR count). The molecule has 3 N–H and O–H groups in total. The third kappa shape index (κ3) is 7.77. The lowest BCUT2D eigenvalue weighted by Crippen LogP contribution is -2.19. The molecule has 0 fully saturated rings. The quantitative estimate of drug-likeness (QED) is 0.327. The van der Waals surface area contributed by atoms with Crippen LogP contribution in [0.4, 0.5) is 5.69 Å². The zero-order chi connectivity index (χ0) is 17.6. The largest absolute Gasteiger partial charge is 0.394 e. The van der Waals surface area contributed by atoms with Gasteiger partial charge < -0.3 is 20.5 Å². The van der Waals surface area contributed by atoms with Crippen LogP contribution in [0.3, 0.4) is 0 Å². The molecule has 6 nitrogen and oxygen atoms in total. The first-order valence-corrected chi connectivity index (χ1v) is 8.13. The number of hydrogen-bond donors (Lipinski definition) is 3. The minimum absolute atomic E-state index is 0.00721. The van der Waals surface area contributed by atoms with Crippen molar-refractivity contribution in [1.82, 2.24) is 5.32 Å². The van der Waals surface area contributed by atoms with Crippen molar-refractivity contribution in [3.05, 3.63) is 41.6 Å². The third-order valence-electron chi connectivity index (χ3n) is 3.27. The number of aliphatic hydroxyl groups is 1. The van der Waals surface area contributed by atoms with Crippen LogP contribution < -0.4 is 10.6 Å². The summed E-state index contributed by atoms with van der Waals surface area (Å²) in [7, 11) is 0. The van der Waals surface area contributed by atoms with E-state index in [-0.39, 0.29) is 18.8 Å². The van der Waals surface area contributed by atoms with Crippen LogP contribution in [0.1, 0.15) is 25.3 Å². The van der Waals surface area contributed by atoms with Crippen molar-refractivity contribution in [1.29, 1.82) is 5.26 Å². The smallest absolute Gasteiger partial charge is 0.267 e. The van der Waals surface area contributed by atoms with E-state index in [9.17, 15) is 4.79 Å². The Kier molecular flexibility index (Phi) is 9.93. The fourth-order valence-electron chi connectivity index (χ4n) is 1.95. The number of carbonyl (C=O) groups excluding carboxylic acids is 1. The molecule has 0 aliphatic rings. The van der Waals surface area contributed by atoms with Gasteiger partial charge in [-0.15, -0.1) is 0 Å². The van der Waals surface area contributed by atoms with Crippen molar-refractivity contribution in [3.8, 4) is 6.07 Å². The summed E-state index contributed by atoms with van der Waals surface area (Å²) in [6, 6.07) is 9.52. The number of aliphatic hydroxyl groups excluding tert-OH is 1. The van der Waals surface area contributed by atoms with Gasteiger partial charge in [0.25, 0.3) is 5.91 Å². The molecular weight excluding hydrogens is 306 g/mol. The van der Waals surface area contributed by atoms with E-state index in [0.29, 0.717) is 18.8 Å². The normalized spacial score (nSPS) is 11.0. The van der Waals surface area contributed by atoms with E-state index in [0.717, 1.165) is 19.3 Å². The molecule has 0 bridgehead atoms. The maximum atomic E-state index is 12.1. The highest BCUT2D eigenvalue weighted by Gasteiger charge is 2.09. The monoisotopic (exact) mass is 331 g/mol.